The van der Waals surface area contributed by atoms with Crippen molar-refractivity contribution in [1.29, 1.82) is 0 Å². The molecule has 19 heavy (non-hydrogen) atoms. The molecule has 0 aliphatic rings. The normalized spacial score (nSPS) is 10.4. The standard InChI is InChI=1S/C14H21N3O2/c1-5-6-13(18)16-11-8-15-12(7-10(11)4)17-14(19)9(2)3/h7-9H,5-6H2,1-4H3,(H,16,18)(H,15,17,19). The van der Waals surface area contributed by atoms with Gasteiger partial charge in [-0.25, -0.2) is 4.98 Å². The molecule has 1 aromatic heterocycles. The zero-order valence-electron chi connectivity index (χ0n) is 11.9. The van der Waals surface area contributed by atoms with Crippen molar-refractivity contribution in [3.63, 3.8) is 0 Å². The highest BCUT2D eigenvalue weighted by Crippen LogP contribution is 2.17. The van der Waals surface area contributed by atoms with Gasteiger partial charge in [-0.3, -0.25) is 9.59 Å². The summed E-state index contributed by atoms with van der Waals surface area (Å²) in [6, 6.07) is 1.75. The van der Waals surface area contributed by atoms with Crippen LogP contribution in [0.4, 0.5) is 11.5 Å². The Morgan fingerprint density at radius 2 is 2.00 bits per heavy atom. The molecular weight excluding hydrogens is 242 g/mol. The van der Waals surface area contributed by atoms with E-state index in [-0.39, 0.29) is 17.7 Å². The highest BCUT2D eigenvalue weighted by Gasteiger charge is 2.10. The zero-order valence-corrected chi connectivity index (χ0v) is 11.9. The van der Waals surface area contributed by atoms with Gasteiger partial charge in [0.2, 0.25) is 11.8 Å². The minimum absolute atomic E-state index is 0.0219. The molecule has 1 aromatic rings. The molecule has 0 unspecified atom stereocenters. The number of aromatic nitrogens is 1. The Labute approximate surface area is 113 Å². The van der Waals surface area contributed by atoms with E-state index >= 15 is 0 Å². The second-order valence-corrected chi connectivity index (χ2v) is 4.83. The highest BCUT2D eigenvalue weighted by atomic mass is 16.2. The maximum Gasteiger partial charge on any atom is 0.228 e. The lowest BCUT2D eigenvalue weighted by atomic mass is 10.2. The minimum atomic E-state index is -0.0916. The van der Waals surface area contributed by atoms with Crippen LogP contribution in [0.1, 0.15) is 39.2 Å². The van der Waals surface area contributed by atoms with E-state index in [2.05, 4.69) is 15.6 Å². The SMILES string of the molecule is CCCC(=O)Nc1cnc(NC(=O)C(C)C)cc1C. The van der Waals surface area contributed by atoms with Crippen molar-refractivity contribution in [3.05, 3.63) is 17.8 Å². The summed E-state index contributed by atoms with van der Waals surface area (Å²) >= 11 is 0. The average Bonchev–Trinajstić information content (AvgIpc) is 2.32. The zero-order chi connectivity index (χ0) is 14.4. The first-order valence-electron chi connectivity index (χ1n) is 6.51. The molecule has 2 N–H and O–H groups in total. The van der Waals surface area contributed by atoms with Gasteiger partial charge in [-0.1, -0.05) is 20.8 Å². The number of nitrogens with one attached hydrogen (secondary N) is 2. The second-order valence-electron chi connectivity index (χ2n) is 4.83. The molecule has 1 heterocycles. The van der Waals surface area contributed by atoms with Crippen molar-refractivity contribution < 1.29 is 9.59 Å². The molecule has 0 saturated heterocycles. The molecular formula is C14H21N3O2. The van der Waals surface area contributed by atoms with Crippen LogP contribution in [-0.2, 0) is 9.59 Å². The molecule has 0 radical (unpaired) electrons. The average molecular weight is 263 g/mol. The molecule has 0 bridgehead atoms. The highest BCUT2D eigenvalue weighted by molar-refractivity contribution is 5.93. The van der Waals surface area contributed by atoms with E-state index in [0.717, 1.165) is 12.0 Å². The number of hydrogen-bond acceptors (Lipinski definition) is 3. The Kier molecular flexibility index (Phi) is 5.48. The number of nitrogens with zero attached hydrogens (tertiary/aromatic N) is 1. The van der Waals surface area contributed by atoms with E-state index in [1.54, 1.807) is 12.3 Å². The van der Waals surface area contributed by atoms with Crippen LogP contribution < -0.4 is 10.6 Å². The Morgan fingerprint density at radius 1 is 1.32 bits per heavy atom. The fourth-order valence-corrected chi connectivity index (χ4v) is 1.47. The summed E-state index contributed by atoms with van der Waals surface area (Å²) in [6.45, 7) is 7.46. The fourth-order valence-electron chi connectivity index (χ4n) is 1.47. The molecule has 0 atom stereocenters. The topological polar surface area (TPSA) is 71.1 Å². The van der Waals surface area contributed by atoms with Crippen molar-refractivity contribution in [2.75, 3.05) is 10.6 Å². The fraction of sp³-hybridized carbons (Fsp3) is 0.500. The first-order chi connectivity index (χ1) is 8.93. The lowest BCUT2D eigenvalue weighted by Gasteiger charge is -2.11. The summed E-state index contributed by atoms with van der Waals surface area (Å²) < 4.78 is 0. The first-order valence-corrected chi connectivity index (χ1v) is 6.51. The molecule has 5 heteroatoms. The third-order valence-corrected chi connectivity index (χ3v) is 2.64. The van der Waals surface area contributed by atoms with Gasteiger partial charge in [0.1, 0.15) is 5.82 Å². The van der Waals surface area contributed by atoms with Crippen molar-refractivity contribution in [3.8, 4) is 0 Å². The summed E-state index contributed by atoms with van der Waals surface area (Å²) in [7, 11) is 0. The maximum absolute atomic E-state index is 11.6. The number of carbonyl (C=O) groups is 2. The molecule has 0 fully saturated rings. The largest absolute Gasteiger partial charge is 0.325 e. The van der Waals surface area contributed by atoms with E-state index < -0.39 is 0 Å². The van der Waals surface area contributed by atoms with E-state index in [4.69, 9.17) is 0 Å². The third kappa shape index (κ3) is 4.69. The smallest absolute Gasteiger partial charge is 0.228 e. The summed E-state index contributed by atoms with van der Waals surface area (Å²) in [5.74, 6) is 0.316. The van der Waals surface area contributed by atoms with Crippen LogP contribution in [0.2, 0.25) is 0 Å². The molecule has 0 aliphatic carbocycles. The van der Waals surface area contributed by atoms with Crippen LogP contribution in [0.3, 0.4) is 0 Å². The predicted molar refractivity (Wildman–Crippen MR) is 76.0 cm³/mol. The number of pyridine rings is 1. The number of amides is 2. The lowest BCUT2D eigenvalue weighted by Crippen LogP contribution is -2.19. The molecule has 0 spiro atoms. The van der Waals surface area contributed by atoms with Crippen molar-refractivity contribution in [2.45, 2.75) is 40.5 Å². The van der Waals surface area contributed by atoms with Gasteiger partial charge in [0, 0.05) is 12.3 Å². The van der Waals surface area contributed by atoms with Crippen LogP contribution >= 0.6 is 0 Å². The Bertz CT molecular complexity index is 470. The summed E-state index contributed by atoms with van der Waals surface area (Å²) in [6.07, 6.45) is 2.87. The monoisotopic (exact) mass is 263 g/mol. The van der Waals surface area contributed by atoms with Crippen molar-refractivity contribution in [2.24, 2.45) is 5.92 Å². The summed E-state index contributed by atoms with van der Waals surface area (Å²) in [5, 5.41) is 5.53. The summed E-state index contributed by atoms with van der Waals surface area (Å²) in [5.41, 5.74) is 1.56. The van der Waals surface area contributed by atoms with Crippen molar-refractivity contribution in [1.82, 2.24) is 4.98 Å². The number of carbonyl (C=O) groups excluding carboxylic acids is 2. The van der Waals surface area contributed by atoms with Gasteiger partial charge in [0.15, 0.2) is 0 Å². The van der Waals surface area contributed by atoms with Gasteiger partial charge in [-0.15, -0.1) is 0 Å². The van der Waals surface area contributed by atoms with Gasteiger partial charge < -0.3 is 10.6 Å². The van der Waals surface area contributed by atoms with Gasteiger partial charge in [-0.05, 0) is 25.0 Å². The molecule has 0 saturated carbocycles. The van der Waals surface area contributed by atoms with Gasteiger partial charge in [0.25, 0.3) is 0 Å². The predicted octanol–water partition coefficient (Wildman–Crippen LogP) is 2.72. The number of rotatable bonds is 5. The Morgan fingerprint density at radius 3 is 2.53 bits per heavy atom. The Hall–Kier alpha value is -1.91. The van der Waals surface area contributed by atoms with Crippen LogP contribution in [0.5, 0.6) is 0 Å². The Balaban J connectivity index is 2.74. The van der Waals surface area contributed by atoms with E-state index in [9.17, 15) is 9.59 Å². The van der Waals surface area contributed by atoms with Gasteiger partial charge in [-0.2, -0.15) is 0 Å². The van der Waals surface area contributed by atoms with Crippen molar-refractivity contribution >= 4 is 23.3 Å². The van der Waals surface area contributed by atoms with E-state index in [0.29, 0.717) is 17.9 Å². The van der Waals surface area contributed by atoms with E-state index in [1.807, 2.05) is 27.7 Å². The molecule has 0 aliphatic heterocycles. The maximum atomic E-state index is 11.6. The lowest BCUT2D eigenvalue weighted by molar-refractivity contribution is -0.119. The van der Waals surface area contributed by atoms with Crippen LogP contribution in [0.25, 0.3) is 0 Å². The number of anilines is 2. The number of aryl methyl sites for hydroxylation is 1. The van der Waals surface area contributed by atoms with Gasteiger partial charge in [0.05, 0.1) is 11.9 Å². The number of hydrogen-bond donors (Lipinski definition) is 2. The molecule has 104 valence electrons. The first kappa shape index (κ1) is 15.1. The van der Waals surface area contributed by atoms with E-state index in [1.165, 1.54) is 0 Å². The van der Waals surface area contributed by atoms with Crippen LogP contribution in [0.15, 0.2) is 12.3 Å². The molecule has 1 rings (SSSR count). The third-order valence-electron chi connectivity index (χ3n) is 2.64. The molecule has 5 nitrogen and oxygen atoms in total. The summed E-state index contributed by atoms with van der Waals surface area (Å²) in [4.78, 5) is 27.2. The second kappa shape index (κ2) is 6.87. The van der Waals surface area contributed by atoms with Gasteiger partial charge >= 0.3 is 0 Å². The molecule has 2 amide bonds. The quantitative estimate of drug-likeness (QED) is 0.858. The minimum Gasteiger partial charge on any atom is -0.325 e. The molecule has 0 aromatic carbocycles. The van der Waals surface area contributed by atoms with Crippen LogP contribution in [-0.4, -0.2) is 16.8 Å². The van der Waals surface area contributed by atoms with Crippen LogP contribution in [0, 0.1) is 12.8 Å².